The van der Waals surface area contributed by atoms with Gasteiger partial charge in [-0.2, -0.15) is 0 Å². The van der Waals surface area contributed by atoms with Crippen LogP contribution in [0.2, 0.25) is 0 Å². The predicted molar refractivity (Wildman–Crippen MR) is 84.6 cm³/mol. The fraction of sp³-hybridized carbons (Fsp3) is 0.235. The van der Waals surface area contributed by atoms with Crippen LogP contribution in [0, 0.1) is 0 Å². The van der Waals surface area contributed by atoms with Gasteiger partial charge in [0, 0.05) is 6.42 Å². The molecule has 1 amide bonds. The molecule has 3 rings (SSSR count). The zero-order valence-electron chi connectivity index (χ0n) is 11.2. The van der Waals surface area contributed by atoms with E-state index in [4.69, 9.17) is 5.73 Å². The highest BCUT2D eigenvalue weighted by atomic mass is 32.2. The number of nitrogens with two attached hydrogens (primary N) is 1. The lowest BCUT2D eigenvalue weighted by Gasteiger charge is -2.12. The van der Waals surface area contributed by atoms with Gasteiger partial charge in [0.05, 0.1) is 5.25 Å². The van der Waals surface area contributed by atoms with Crippen molar-refractivity contribution in [3.63, 3.8) is 0 Å². The van der Waals surface area contributed by atoms with E-state index in [2.05, 4.69) is 48.5 Å². The van der Waals surface area contributed by atoms with Gasteiger partial charge in [0.1, 0.15) is 0 Å². The van der Waals surface area contributed by atoms with Gasteiger partial charge in [-0.25, -0.2) is 0 Å². The highest BCUT2D eigenvalue weighted by Crippen LogP contribution is 2.49. The van der Waals surface area contributed by atoms with Gasteiger partial charge in [0.15, 0.2) is 0 Å². The summed E-state index contributed by atoms with van der Waals surface area (Å²) >= 11 is 1.90. The summed E-state index contributed by atoms with van der Waals surface area (Å²) in [6.45, 7) is 0. The van der Waals surface area contributed by atoms with E-state index in [0.29, 0.717) is 11.7 Å². The first-order valence-electron chi connectivity index (χ1n) is 6.85. The number of primary amides is 1. The summed E-state index contributed by atoms with van der Waals surface area (Å²) in [5.41, 5.74) is 10.7. The minimum Gasteiger partial charge on any atom is -0.370 e. The van der Waals surface area contributed by atoms with Crippen molar-refractivity contribution < 1.29 is 4.79 Å². The maximum atomic E-state index is 10.8. The van der Waals surface area contributed by atoms with Gasteiger partial charge in [-0.1, -0.05) is 48.5 Å². The molecule has 0 bridgehead atoms. The van der Waals surface area contributed by atoms with Gasteiger partial charge >= 0.3 is 0 Å². The number of amides is 1. The van der Waals surface area contributed by atoms with Crippen LogP contribution in [0.25, 0.3) is 11.1 Å². The summed E-state index contributed by atoms with van der Waals surface area (Å²) in [6, 6.07) is 17.2. The Hall–Kier alpha value is -1.74. The van der Waals surface area contributed by atoms with Crippen LogP contribution < -0.4 is 5.73 Å². The SMILES string of the molecule is NC(=O)CCCSC1c2ccccc2-c2ccccc21. The van der Waals surface area contributed by atoms with Gasteiger partial charge in [-0.3, -0.25) is 4.79 Å². The van der Waals surface area contributed by atoms with Gasteiger partial charge in [-0.05, 0) is 34.4 Å². The second kappa shape index (κ2) is 5.71. The molecule has 0 aliphatic heterocycles. The monoisotopic (exact) mass is 283 g/mol. The zero-order valence-corrected chi connectivity index (χ0v) is 12.0. The Balaban J connectivity index is 1.82. The van der Waals surface area contributed by atoms with E-state index in [1.54, 1.807) is 0 Å². The Morgan fingerprint density at radius 1 is 1.00 bits per heavy atom. The van der Waals surface area contributed by atoms with Crippen molar-refractivity contribution in [1.82, 2.24) is 0 Å². The number of fused-ring (bicyclic) bond motifs is 3. The van der Waals surface area contributed by atoms with Crippen molar-refractivity contribution in [3.05, 3.63) is 59.7 Å². The average molecular weight is 283 g/mol. The minimum absolute atomic E-state index is 0.210. The molecule has 2 aromatic rings. The molecular formula is C17H17NOS. The fourth-order valence-corrected chi connectivity index (χ4v) is 4.05. The topological polar surface area (TPSA) is 43.1 Å². The number of hydrogen-bond donors (Lipinski definition) is 1. The summed E-state index contributed by atoms with van der Waals surface area (Å²) in [6.07, 6.45) is 1.32. The predicted octanol–water partition coefficient (Wildman–Crippen LogP) is 3.76. The molecule has 20 heavy (non-hydrogen) atoms. The number of carbonyl (C=O) groups is 1. The number of thioether (sulfide) groups is 1. The number of rotatable bonds is 5. The van der Waals surface area contributed by atoms with Gasteiger partial charge < -0.3 is 5.73 Å². The fourth-order valence-electron chi connectivity index (χ4n) is 2.74. The molecule has 0 unspecified atom stereocenters. The molecular weight excluding hydrogens is 266 g/mol. The molecule has 0 spiro atoms. The molecule has 2 N–H and O–H groups in total. The minimum atomic E-state index is -0.210. The van der Waals surface area contributed by atoms with Crippen molar-refractivity contribution in [2.75, 3.05) is 5.75 Å². The Morgan fingerprint density at radius 2 is 1.55 bits per heavy atom. The largest absolute Gasteiger partial charge is 0.370 e. The lowest BCUT2D eigenvalue weighted by atomic mass is 10.1. The highest BCUT2D eigenvalue weighted by Gasteiger charge is 2.27. The molecule has 102 valence electrons. The summed E-state index contributed by atoms with van der Waals surface area (Å²) < 4.78 is 0. The number of hydrogen-bond acceptors (Lipinski definition) is 2. The van der Waals surface area contributed by atoms with E-state index >= 15 is 0 Å². The lowest BCUT2D eigenvalue weighted by molar-refractivity contribution is -0.118. The van der Waals surface area contributed by atoms with E-state index in [0.717, 1.165) is 12.2 Å². The van der Waals surface area contributed by atoms with Crippen LogP contribution >= 0.6 is 11.8 Å². The van der Waals surface area contributed by atoms with Crippen molar-refractivity contribution in [3.8, 4) is 11.1 Å². The molecule has 0 saturated heterocycles. The molecule has 0 radical (unpaired) electrons. The molecule has 0 heterocycles. The van der Waals surface area contributed by atoms with Crippen LogP contribution in [-0.2, 0) is 4.79 Å². The van der Waals surface area contributed by atoms with E-state index in [-0.39, 0.29) is 5.91 Å². The van der Waals surface area contributed by atoms with Crippen LogP contribution in [0.15, 0.2) is 48.5 Å². The molecule has 0 atom stereocenters. The third kappa shape index (κ3) is 2.46. The summed E-state index contributed by atoms with van der Waals surface area (Å²) in [5, 5.41) is 0.385. The summed E-state index contributed by atoms with van der Waals surface area (Å²) in [5.74, 6) is 0.744. The highest BCUT2D eigenvalue weighted by molar-refractivity contribution is 7.99. The molecule has 2 aromatic carbocycles. The van der Waals surface area contributed by atoms with Crippen LogP contribution in [-0.4, -0.2) is 11.7 Å². The second-order valence-electron chi connectivity index (χ2n) is 5.00. The van der Waals surface area contributed by atoms with E-state index in [9.17, 15) is 4.79 Å². The normalized spacial score (nSPS) is 13.0. The maximum Gasteiger partial charge on any atom is 0.217 e. The third-order valence-electron chi connectivity index (χ3n) is 3.63. The first kappa shape index (κ1) is 13.3. The Morgan fingerprint density at radius 3 is 2.10 bits per heavy atom. The molecule has 1 aliphatic rings. The van der Waals surface area contributed by atoms with Crippen molar-refractivity contribution >= 4 is 17.7 Å². The summed E-state index contributed by atoms with van der Waals surface area (Å²) in [7, 11) is 0. The first-order chi connectivity index (χ1) is 9.77. The quantitative estimate of drug-likeness (QED) is 0.849. The van der Waals surface area contributed by atoms with Crippen molar-refractivity contribution in [1.29, 1.82) is 0 Å². The molecule has 1 aliphatic carbocycles. The third-order valence-corrected chi connectivity index (χ3v) is 4.99. The molecule has 0 aromatic heterocycles. The van der Waals surface area contributed by atoms with Crippen LogP contribution in [0.5, 0.6) is 0 Å². The molecule has 0 saturated carbocycles. The van der Waals surface area contributed by atoms with E-state index < -0.39 is 0 Å². The van der Waals surface area contributed by atoms with E-state index in [1.165, 1.54) is 22.3 Å². The van der Waals surface area contributed by atoms with Crippen LogP contribution in [0.3, 0.4) is 0 Å². The zero-order chi connectivity index (χ0) is 13.9. The van der Waals surface area contributed by atoms with Crippen molar-refractivity contribution in [2.45, 2.75) is 18.1 Å². The van der Waals surface area contributed by atoms with E-state index in [1.807, 2.05) is 11.8 Å². The number of benzene rings is 2. The molecule has 3 heteroatoms. The lowest BCUT2D eigenvalue weighted by Crippen LogP contribution is -2.10. The van der Waals surface area contributed by atoms with Crippen molar-refractivity contribution in [2.24, 2.45) is 5.73 Å². The molecule has 0 fully saturated rings. The standard InChI is InChI=1S/C17H17NOS/c18-16(19)10-5-11-20-17-14-8-3-1-6-12(14)13-7-2-4-9-15(13)17/h1-4,6-9,17H,5,10-11H2,(H2,18,19). The number of carbonyl (C=O) groups excluding carboxylic acids is 1. The molecule has 2 nitrogen and oxygen atoms in total. The Bertz CT molecular complexity index is 593. The maximum absolute atomic E-state index is 10.8. The Kier molecular flexibility index (Phi) is 3.79. The van der Waals surface area contributed by atoms with Gasteiger partial charge in [0.25, 0.3) is 0 Å². The van der Waals surface area contributed by atoms with Crippen LogP contribution in [0.1, 0.15) is 29.2 Å². The Labute approximate surface area is 123 Å². The summed E-state index contributed by atoms with van der Waals surface area (Å²) in [4.78, 5) is 10.8. The first-order valence-corrected chi connectivity index (χ1v) is 7.90. The van der Waals surface area contributed by atoms with Gasteiger partial charge in [-0.15, -0.1) is 11.8 Å². The smallest absolute Gasteiger partial charge is 0.217 e. The second-order valence-corrected chi connectivity index (χ2v) is 6.21. The van der Waals surface area contributed by atoms with Crippen LogP contribution in [0.4, 0.5) is 0 Å². The average Bonchev–Trinajstić information content (AvgIpc) is 2.78. The van der Waals surface area contributed by atoms with Gasteiger partial charge in [0.2, 0.25) is 5.91 Å².